The van der Waals surface area contributed by atoms with E-state index in [9.17, 15) is 14.4 Å². The molecule has 0 aliphatic carbocycles. The molecular formula is C22H26O7. The van der Waals surface area contributed by atoms with Crippen molar-refractivity contribution in [2.75, 3.05) is 13.2 Å². The molecule has 0 N–H and O–H groups in total. The minimum absolute atomic E-state index is 0.160. The molecule has 1 fully saturated rings. The van der Waals surface area contributed by atoms with E-state index in [1.54, 1.807) is 6.08 Å². The van der Waals surface area contributed by atoms with Crippen molar-refractivity contribution in [2.45, 2.75) is 57.2 Å². The third-order valence-electron chi connectivity index (χ3n) is 4.91. The number of ketones is 2. The number of Topliss-reactive ketones (excluding diaryl/α,β-unsaturated/α-hetero) is 1. The van der Waals surface area contributed by atoms with Gasteiger partial charge in [-0.1, -0.05) is 36.4 Å². The van der Waals surface area contributed by atoms with E-state index in [-0.39, 0.29) is 37.2 Å². The Morgan fingerprint density at radius 2 is 1.97 bits per heavy atom. The van der Waals surface area contributed by atoms with E-state index >= 15 is 0 Å². The average molecular weight is 402 g/mol. The second-order valence-electron chi connectivity index (χ2n) is 7.13. The lowest BCUT2D eigenvalue weighted by Gasteiger charge is -2.20. The third-order valence-corrected chi connectivity index (χ3v) is 4.91. The van der Waals surface area contributed by atoms with Crippen LogP contribution in [0, 0.1) is 0 Å². The normalized spacial score (nSPS) is 26.7. The molecule has 4 atom stereocenters. The zero-order valence-corrected chi connectivity index (χ0v) is 16.5. The fourth-order valence-corrected chi connectivity index (χ4v) is 3.46. The topological polar surface area (TPSA) is 88.1 Å². The SMILES string of the molecule is CC(=O)OCCC[C@H]1O[C@@H](C[C@H]2OCC=CC2=O)C(=O)[C@H]1OCc1ccccc1. The maximum atomic E-state index is 12.9. The molecule has 1 saturated heterocycles. The van der Waals surface area contributed by atoms with Crippen LogP contribution in [0.15, 0.2) is 42.5 Å². The predicted molar refractivity (Wildman–Crippen MR) is 103 cm³/mol. The largest absolute Gasteiger partial charge is 0.466 e. The zero-order chi connectivity index (χ0) is 20.6. The molecule has 0 aromatic heterocycles. The molecule has 0 saturated carbocycles. The van der Waals surface area contributed by atoms with Crippen molar-refractivity contribution in [3.63, 3.8) is 0 Å². The highest BCUT2D eigenvalue weighted by Crippen LogP contribution is 2.28. The second kappa shape index (κ2) is 10.4. The molecule has 7 heteroatoms. The van der Waals surface area contributed by atoms with Crippen molar-refractivity contribution in [3.05, 3.63) is 48.0 Å². The highest BCUT2D eigenvalue weighted by Gasteiger charge is 2.45. The van der Waals surface area contributed by atoms with Crippen LogP contribution in [0.1, 0.15) is 31.7 Å². The van der Waals surface area contributed by atoms with Crippen LogP contribution in [0.5, 0.6) is 0 Å². The zero-order valence-electron chi connectivity index (χ0n) is 16.5. The molecule has 0 spiro atoms. The number of benzene rings is 1. The maximum Gasteiger partial charge on any atom is 0.302 e. The van der Waals surface area contributed by atoms with Crippen LogP contribution in [0.4, 0.5) is 0 Å². The first-order valence-electron chi connectivity index (χ1n) is 9.84. The summed E-state index contributed by atoms with van der Waals surface area (Å²) in [6, 6.07) is 9.58. The highest BCUT2D eigenvalue weighted by atomic mass is 16.6. The number of esters is 1. The summed E-state index contributed by atoms with van der Waals surface area (Å²) in [6.45, 7) is 2.24. The minimum atomic E-state index is -0.755. The Balaban J connectivity index is 1.61. The van der Waals surface area contributed by atoms with Crippen molar-refractivity contribution >= 4 is 17.5 Å². The molecule has 2 heterocycles. The van der Waals surface area contributed by atoms with E-state index in [2.05, 4.69) is 0 Å². The van der Waals surface area contributed by atoms with E-state index in [1.165, 1.54) is 13.0 Å². The maximum absolute atomic E-state index is 12.9. The summed E-state index contributed by atoms with van der Waals surface area (Å²) in [5, 5.41) is 0. The fourth-order valence-electron chi connectivity index (χ4n) is 3.46. The van der Waals surface area contributed by atoms with Crippen LogP contribution in [-0.2, 0) is 39.9 Å². The first-order chi connectivity index (χ1) is 14.0. The Kier molecular flexibility index (Phi) is 7.69. The Morgan fingerprint density at radius 3 is 2.69 bits per heavy atom. The summed E-state index contributed by atoms with van der Waals surface area (Å²) in [6.07, 6.45) is 1.75. The summed E-state index contributed by atoms with van der Waals surface area (Å²) in [7, 11) is 0. The molecule has 0 radical (unpaired) electrons. The van der Waals surface area contributed by atoms with Gasteiger partial charge in [-0.3, -0.25) is 14.4 Å². The van der Waals surface area contributed by atoms with E-state index in [1.807, 2.05) is 30.3 Å². The molecule has 3 rings (SSSR count). The van der Waals surface area contributed by atoms with Gasteiger partial charge in [-0.25, -0.2) is 0 Å². The van der Waals surface area contributed by atoms with Gasteiger partial charge in [0.05, 0.1) is 25.9 Å². The summed E-state index contributed by atoms with van der Waals surface area (Å²) in [5.74, 6) is -0.679. The number of hydrogen-bond donors (Lipinski definition) is 0. The molecule has 0 unspecified atom stereocenters. The lowest BCUT2D eigenvalue weighted by atomic mass is 10.00. The van der Waals surface area contributed by atoms with Crippen molar-refractivity contribution in [1.29, 1.82) is 0 Å². The Hall–Kier alpha value is -2.35. The molecule has 156 valence electrons. The summed E-state index contributed by atoms with van der Waals surface area (Å²) in [5.41, 5.74) is 0.957. The number of carbonyl (C=O) groups excluding carboxylic acids is 3. The van der Waals surface area contributed by atoms with Gasteiger partial charge in [0, 0.05) is 13.3 Å². The van der Waals surface area contributed by atoms with Crippen molar-refractivity contribution in [1.82, 2.24) is 0 Å². The molecule has 1 aromatic rings. The van der Waals surface area contributed by atoms with Gasteiger partial charge in [-0.15, -0.1) is 0 Å². The van der Waals surface area contributed by atoms with Crippen LogP contribution in [0.2, 0.25) is 0 Å². The highest BCUT2D eigenvalue weighted by molar-refractivity contribution is 5.95. The average Bonchev–Trinajstić information content (AvgIpc) is 3.01. The quantitative estimate of drug-likeness (QED) is 0.462. The third kappa shape index (κ3) is 6.06. The van der Waals surface area contributed by atoms with E-state index in [4.69, 9.17) is 18.9 Å². The van der Waals surface area contributed by atoms with Crippen molar-refractivity contribution in [3.8, 4) is 0 Å². The molecule has 2 aliphatic heterocycles. The van der Waals surface area contributed by atoms with Crippen LogP contribution in [-0.4, -0.2) is 55.2 Å². The Labute approximate surface area is 170 Å². The number of rotatable bonds is 9. The first-order valence-corrected chi connectivity index (χ1v) is 9.84. The molecule has 29 heavy (non-hydrogen) atoms. The Morgan fingerprint density at radius 1 is 1.17 bits per heavy atom. The lowest BCUT2D eigenvalue weighted by molar-refractivity contribution is -0.141. The predicted octanol–water partition coefficient (Wildman–Crippen LogP) is 2.17. The van der Waals surface area contributed by atoms with Crippen LogP contribution < -0.4 is 0 Å². The Bertz CT molecular complexity index is 743. The number of hydrogen-bond acceptors (Lipinski definition) is 7. The van der Waals surface area contributed by atoms with E-state index in [0.717, 1.165) is 5.56 Å². The fraction of sp³-hybridized carbons (Fsp3) is 0.500. The standard InChI is InChI=1S/C22H26O7/c1-15(23)26-11-6-10-18-22(28-14-16-7-3-2-4-8-16)21(25)20(29-18)13-19-17(24)9-5-12-27-19/h2-5,7-9,18-20,22H,6,10-14H2,1H3/t18-,19-,20+,22+/m1/s1. The molecule has 1 aromatic carbocycles. The van der Waals surface area contributed by atoms with Crippen LogP contribution in [0.3, 0.4) is 0 Å². The van der Waals surface area contributed by atoms with Crippen molar-refractivity contribution in [2.24, 2.45) is 0 Å². The second-order valence-corrected chi connectivity index (χ2v) is 7.13. The van der Waals surface area contributed by atoms with E-state index < -0.39 is 24.4 Å². The smallest absolute Gasteiger partial charge is 0.302 e. The van der Waals surface area contributed by atoms with Gasteiger partial charge < -0.3 is 18.9 Å². The van der Waals surface area contributed by atoms with Gasteiger partial charge in [0.25, 0.3) is 0 Å². The van der Waals surface area contributed by atoms with Gasteiger partial charge in [-0.05, 0) is 24.5 Å². The van der Waals surface area contributed by atoms with Gasteiger partial charge in [0.1, 0.15) is 18.3 Å². The van der Waals surface area contributed by atoms with Crippen LogP contribution in [0.25, 0.3) is 0 Å². The van der Waals surface area contributed by atoms with Crippen molar-refractivity contribution < 1.29 is 33.3 Å². The lowest BCUT2D eigenvalue weighted by Crippen LogP contribution is -2.35. The molecular weight excluding hydrogens is 376 g/mol. The monoisotopic (exact) mass is 402 g/mol. The molecule has 2 aliphatic rings. The summed E-state index contributed by atoms with van der Waals surface area (Å²) >= 11 is 0. The molecule has 0 bridgehead atoms. The van der Waals surface area contributed by atoms with Gasteiger partial charge in [0.2, 0.25) is 0 Å². The first kappa shape index (κ1) is 21.4. The number of carbonyl (C=O) groups is 3. The molecule has 7 nitrogen and oxygen atoms in total. The number of ether oxygens (including phenoxy) is 4. The molecule has 0 amide bonds. The van der Waals surface area contributed by atoms with E-state index in [0.29, 0.717) is 19.4 Å². The van der Waals surface area contributed by atoms with Gasteiger partial charge >= 0.3 is 5.97 Å². The summed E-state index contributed by atoms with van der Waals surface area (Å²) in [4.78, 5) is 35.9. The summed E-state index contributed by atoms with van der Waals surface area (Å²) < 4.78 is 22.3. The minimum Gasteiger partial charge on any atom is -0.466 e. The van der Waals surface area contributed by atoms with Crippen LogP contribution >= 0.6 is 0 Å². The van der Waals surface area contributed by atoms with Gasteiger partial charge in [-0.2, -0.15) is 0 Å². The van der Waals surface area contributed by atoms with Gasteiger partial charge in [0.15, 0.2) is 11.6 Å².